The maximum absolute atomic E-state index is 11.9. The Balaban J connectivity index is 3.82. The lowest BCUT2D eigenvalue weighted by Gasteiger charge is -2.20. The average Bonchev–Trinajstić information content (AvgIpc) is 2.83. The molecule has 0 spiro atoms. The zero-order chi connectivity index (χ0) is 31.1. The summed E-state index contributed by atoms with van der Waals surface area (Å²) in [4.78, 5) is 61.0. The van der Waals surface area contributed by atoms with Gasteiger partial charge in [0.2, 0.25) is 11.9 Å². The van der Waals surface area contributed by atoms with Gasteiger partial charge in [0.1, 0.15) is 5.60 Å². The van der Waals surface area contributed by atoms with E-state index in [1.807, 2.05) is 5.32 Å². The number of nitrogens with zero attached hydrogens (tertiary/aromatic N) is 1. The van der Waals surface area contributed by atoms with Gasteiger partial charge in [-0.2, -0.15) is 0 Å². The van der Waals surface area contributed by atoms with Crippen molar-refractivity contribution < 1.29 is 38.9 Å². The minimum Gasteiger partial charge on any atom is -0.465 e. The molecule has 16 heteroatoms. The SMILES string of the molecule is CC(CCNCCCCNC(=O)NCC(=O)NCCCCCCN=C(NC(=O)O)NC(=O)OC(C)(C)C)NC(=O)O. The summed E-state index contributed by atoms with van der Waals surface area (Å²) < 4.78 is 5.08. The molecule has 1 unspecified atom stereocenters. The Bertz CT molecular complexity index is 848. The number of alkyl carbamates (subject to hydrolysis) is 1. The van der Waals surface area contributed by atoms with Crippen molar-refractivity contribution in [2.24, 2.45) is 4.99 Å². The summed E-state index contributed by atoms with van der Waals surface area (Å²) in [5, 5.41) is 35.4. The largest absolute Gasteiger partial charge is 0.465 e. The predicted molar refractivity (Wildman–Crippen MR) is 153 cm³/mol. The van der Waals surface area contributed by atoms with E-state index in [2.05, 4.69) is 36.9 Å². The molecule has 6 amide bonds. The van der Waals surface area contributed by atoms with Gasteiger partial charge < -0.3 is 41.5 Å². The lowest BCUT2D eigenvalue weighted by Crippen LogP contribution is -2.45. The third kappa shape index (κ3) is 26.2. The Morgan fingerprint density at radius 1 is 0.780 bits per heavy atom. The number of carbonyl (C=O) groups excluding carboxylic acids is 3. The molecule has 0 fully saturated rings. The molecule has 0 radical (unpaired) electrons. The number of hydrogen-bond donors (Lipinski definition) is 9. The Labute approximate surface area is 241 Å². The lowest BCUT2D eigenvalue weighted by molar-refractivity contribution is -0.120. The van der Waals surface area contributed by atoms with Crippen molar-refractivity contribution in [1.82, 2.24) is 37.2 Å². The van der Waals surface area contributed by atoms with Gasteiger partial charge in [-0.1, -0.05) is 12.8 Å². The van der Waals surface area contributed by atoms with Crippen LogP contribution in [0.3, 0.4) is 0 Å². The number of aliphatic imine (C=N–C) groups is 1. The van der Waals surface area contributed by atoms with Gasteiger partial charge in [-0.25, -0.2) is 19.2 Å². The summed E-state index contributed by atoms with van der Waals surface area (Å²) in [5.41, 5.74) is -0.735. The zero-order valence-corrected chi connectivity index (χ0v) is 24.6. The molecule has 0 aliphatic heterocycles. The van der Waals surface area contributed by atoms with E-state index in [4.69, 9.17) is 14.9 Å². The van der Waals surface area contributed by atoms with Gasteiger partial charge in [0.15, 0.2) is 0 Å². The van der Waals surface area contributed by atoms with Crippen molar-refractivity contribution >= 4 is 36.2 Å². The predicted octanol–water partition coefficient (Wildman–Crippen LogP) is 1.53. The molecule has 0 saturated carbocycles. The van der Waals surface area contributed by atoms with Crippen LogP contribution in [0.2, 0.25) is 0 Å². The Kier molecular flexibility index (Phi) is 19.9. The van der Waals surface area contributed by atoms with Crippen molar-refractivity contribution in [3.8, 4) is 0 Å². The summed E-state index contributed by atoms with van der Waals surface area (Å²) in [6.07, 6.45) is 2.05. The Morgan fingerprint density at radius 3 is 2.07 bits per heavy atom. The summed E-state index contributed by atoms with van der Waals surface area (Å²) in [6.45, 7) is 9.40. The Morgan fingerprint density at radius 2 is 1.41 bits per heavy atom. The van der Waals surface area contributed by atoms with Crippen LogP contribution < -0.4 is 37.2 Å². The van der Waals surface area contributed by atoms with E-state index in [-0.39, 0.29) is 24.5 Å². The summed E-state index contributed by atoms with van der Waals surface area (Å²) in [7, 11) is 0. The first-order valence-electron chi connectivity index (χ1n) is 13.8. The first kappa shape index (κ1) is 37.2. The number of amides is 6. The molecular formula is C25H48N8O8. The molecule has 0 aliphatic rings. The molecule has 236 valence electrons. The maximum atomic E-state index is 11.9. The fourth-order valence-electron chi connectivity index (χ4n) is 3.21. The van der Waals surface area contributed by atoms with Crippen LogP contribution in [0.1, 0.15) is 72.6 Å². The van der Waals surface area contributed by atoms with Crippen molar-refractivity contribution in [3.63, 3.8) is 0 Å². The molecule has 0 aromatic heterocycles. The van der Waals surface area contributed by atoms with Crippen LogP contribution in [0.15, 0.2) is 4.99 Å². The molecule has 0 heterocycles. The maximum Gasteiger partial charge on any atom is 0.414 e. The van der Waals surface area contributed by atoms with Crippen molar-refractivity contribution in [2.75, 3.05) is 39.3 Å². The van der Waals surface area contributed by atoms with Crippen LogP contribution >= 0.6 is 0 Å². The number of urea groups is 1. The molecule has 0 aromatic carbocycles. The van der Waals surface area contributed by atoms with E-state index in [0.717, 1.165) is 38.6 Å². The summed E-state index contributed by atoms with van der Waals surface area (Å²) in [5.74, 6) is -0.500. The van der Waals surface area contributed by atoms with Crippen molar-refractivity contribution in [1.29, 1.82) is 0 Å². The highest BCUT2D eigenvalue weighted by molar-refractivity contribution is 6.00. The lowest BCUT2D eigenvalue weighted by atomic mass is 10.2. The van der Waals surface area contributed by atoms with E-state index in [1.165, 1.54) is 0 Å². The van der Waals surface area contributed by atoms with Crippen molar-refractivity contribution in [3.05, 3.63) is 0 Å². The monoisotopic (exact) mass is 588 g/mol. The second kappa shape index (κ2) is 21.9. The minimum atomic E-state index is -1.36. The van der Waals surface area contributed by atoms with Crippen LogP contribution in [0, 0.1) is 0 Å². The van der Waals surface area contributed by atoms with E-state index in [1.54, 1.807) is 27.7 Å². The highest BCUT2D eigenvalue weighted by atomic mass is 16.6. The van der Waals surface area contributed by atoms with Crippen LogP contribution in [0.5, 0.6) is 0 Å². The molecule has 0 aliphatic carbocycles. The number of carboxylic acid groups (broad SMARTS) is 2. The molecule has 0 aromatic rings. The van der Waals surface area contributed by atoms with Crippen LogP contribution in [0.25, 0.3) is 0 Å². The number of rotatable bonds is 18. The summed E-state index contributed by atoms with van der Waals surface area (Å²) >= 11 is 0. The minimum absolute atomic E-state index is 0.116. The van der Waals surface area contributed by atoms with Gasteiger partial charge in [0, 0.05) is 25.7 Å². The standard InChI is InChI=1S/C25H48N8O8/c1-18(31-22(36)37)11-16-26-12-9-10-15-29-21(35)30-17-19(34)27-13-7-5-6-8-14-28-20(32-23(38)39)33-24(40)41-25(2,3)4/h18,26,31H,5-17H2,1-4H3,(H,27,34)(H,36,37)(H,38,39)(H2,29,30,35)(H2,28,32,33,40). The number of unbranched alkanes of at least 4 members (excludes halogenated alkanes) is 4. The topological polar surface area (TPSA) is 232 Å². The molecular weight excluding hydrogens is 540 g/mol. The van der Waals surface area contributed by atoms with Gasteiger partial charge >= 0.3 is 24.3 Å². The number of ether oxygens (including phenoxy) is 1. The second-order valence-electron chi connectivity index (χ2n) is 10.3. The van der Waals surface area contributed by atoms with Crippen LogP contribution in [-0.4, -0.2) is 97.3 Å². The third-order valence-corrected chi connectivity index (χ3v) is 5.12. The number of nitrogens with one attached hydrogen (secondary N) is 7. The third-order valence-electron chi connectivity index (χ3n) is 5.12. The van der Waals surface area contributed by atoms with Gasteiger partial charge in [-0.15, -0.1) is 0 Å². The van der Waals surface area contributed by atoms with Gasteiger partial charge in [0.25, 0.3) is 0 Å². The van der Waals surface area contributed by atoms with Gasteiger partial charge in [-0.05, 0) is 72.9 Å². The van der Waals surface area contributed by atoms with E-state index < -0.39 is 29.9 Å². The van der Waals surface area contributed by atoms with Gasteiger partial charge in [0.05, 0.1) is 6.54 Å². The first-order chi connectivity index (χ1) is 19.3. The molecule has 0 rings (SSSR count). The molecule has 41 heavy (non-hydrogen) atoms. The zero-order valence-electron chi connectivity index (χ0n) is 24.6. The smallest absolute Gasteiger partial charge is 0.414 e. The molecule has 0 bridgehead atoms. The fraction of sp³-hybridized carbons (Fsp3) is 0.760. The average molecular weight is 589 g/mol. The fourth-order valence-corrected chi connectivity index (χ4v) is 3.21. The molecule has 0 saturated heterocycles. The Hall–Kier alpha value is -3.82. The van der Waals surface area contributed by atoms with E-state index in [9.17, 15) is 24.0 Å². The summed E-state index contributed by atoms with van der Waals surface area (Å²) in [6, 6.07) is -0.532. The molecule has 16 nitrogen and oxygen atoms in total. The van der Waals surface area contributed by atoms with E-state index in [0.29, 0.717) is 39.0 Å². The van der Waals surface area contributed by atoms with E-state index >= 15 is 0 Å². The number of carbonyl (C=O) groups is 5. The number of hydrogen-bond acceptors (Lipinski definition) is 8. The van der Waals surface area contributed by atoms with Gasteiger partial charge in [-0.3, -0.25) is 20.4 Å². The van der Waals surface area contributed by atoms with Crippen LogP contribution in [-0.2, 0) is 9.53 Å². The highest BCUT2D eigenvalue weighted by Crippen LogP contribution is 2.06. The number of guanidine groups is 1. The van der Waals surface area contributed by atoms with Crippen LogP contribution in [0.4, 0.5) is 19.2 Å². The molecule has 1 atom stereocenters. The quantitative estimate of drug-likeness (QED) is 0.0641. The first-order valence-corrected chi connectivity index (χ1v) is 13.8. The normalized spacial score (nSPS) is 12.0. The molecule has 9 N–H and O–H groups in total. The second-order valence-corrected chi connectivity index (χ2v) is 10.3. The highest BCUT2D eigenvalue weighted by Gasteiger charge is 2.18. The van der Waals surface area contributed by atoms with Crippen molar-refractivity contribution in [2.45, 2.75) is 84.3 Å².